The quantitative estimate of drug-likeness (QED) is 0.780. The van der Waals surface area contributed by atoms with Gasteiger partial charge in [0.15, 0.2) is 5.96 Å². The smallest absolute Gasteiger partial charge is 0.239 e. The van der Waals surface area contributed by atoms with Crippen LogP contribution in [0.25, 0.3) is 0 Å². The van der Waals surface area contributed by atoms with Crippen LogP contribution in [-0.2, 0) is 10.3 Å². The molecule has 24 heavy (non-hydrogen) atoms. The number of nitrogens with two attached hydrogens (primary N) is 1. The molecule has 2 atom stereocenters. The van der Waals surface area contributed by atoms with Gasteiger partial charge in [0.2, 0.25) is 5.91 Å². The van der Waals surface area contributed by atoms with Crippen LogP contribution in [0.3, 0.4) is 0 Å². The Bertz CT molecular complexity index is 856. The fourth-order valence-electron chi connectivity index (χ4n) is 2.92. The average molecular weight is 431 g/mol. The second-order valence-electron chi connectivity index (χ2n) is 5.72. The number of carbonyl (C=O) groups excluding carboxylic acids is 1. The van der Waals surface area contributed by atoms with Gasteiger partial charge in [-0.2, -0.15) is 0 Å². The maximum atomic E-state index is 13.6. The van der Waals surface area contributed by atoms with Crippen molar-refractivity contribution in [3.8, 4) is 0 Å². The van der Waals surface area contributed by atoms with Crippen molar-refractivity contribution in [1.82, 2.24) is 4.90 Å². The Morgan fingerprint density at radius 1 is 1.46 bits per heavy atom. The summed E-state index contributed by atoms with van der Waals surface area (Å²) >= 11 is 10.9. The van der Waals surface area contributed by atoms with E-state index < -0.39 is 17.3 Å². The number of aliphatic imine (C=N–C) groups is 1. The number of carbonyl (C=O) groups is 1. The number of benzene rings is 1. The third-order valence-electron chi connectivity index (χ3n) is 4.18. The molecule has 1 aromatic heterocycles. The Morgan fingerprint density at radius 2 is 2.17 bits per heavy atom. The molecule has 126 valence electrons. The summed E-state index contributed by atoms with van der Waals surface area (Å²) < 4.78 is 14.4. The summed E-state index contributed by atoms with van der Waals surface area (Å²) in [5, 5.41) is 1.88. The maximum absolute atomic E-state index is 13.6. The Kier molecular flexibility index (Phi) is 4.44. The normalized spacial score (nSPS) is 24.2. The minimum absolute atomic E-state index is 0.0296. The molecule has 0 aliphatic carbocycles. The molecule has 8 heteroatoms. The third kappa shape index (κ3) is 2.64. The van der Waals surface area contributed by atoms with Crippen LogP contribution < -0.4 is 5.73 Å². The average Bonchev–Trinajstić information content (AvgIpc) is 2.95. The molecule has 1 aromatic carbocycles. The highest BCUT2D eigenvalue weighted by Crippen LogP contribution is 2.48. The fourth-order valence-corrected chi connectivity index (χ4v) is 5.02. The predicted molar refractivity (Wildman–Crippen MR) is 97.9 cm³/mol. The van der Waals surface area contributed by atoms with E-state index in [1.807, 2.05) is 18.4 Å². The molecular formula is C16H14BrClFN3OS. The summed E-state index contributed by atoms with van der Waals surface area (Å²) in [6, 6.07) is 6.20. The van der Waals surface area contributed by atoms with Crippen molar-refractivity contribution in [2.24, 2.45) is 10.7 Å². The summed E-state index contributed by atoms with van der Waals surface area (Å²) in [4.78, 5) is 19.8. The second kappa shape index (κ2) is 6.13. The van der Waals surface area contributed by atoms with Crippen molar-refractivity contribution in [3.63, 3.8) is 0 Å². The monoisotopic (exact) mass is 429 g/mol. The SMILES string of the molecule is CN1C(=O)C(c2ccc(F)c(Cl)c2)[C@@](C)(c2sccc2Br)N=C1N. The molecular weight excluding hydrogens is 417 g/mol. The number of nitrogens with zero attached hydrogens (tertiary/aromatic N) is 2. The maximum Gasteiger partial charge on any atom is 0.239 e. The van der Waals surface area contributed by atoms with E-state index in [1.165, 1.54) is 28.4 Å². The minimum Gasteiger partial charge on any atom is -0.369 e. The van der Waals surface area contributed by atoms with Crippen molar-refractivity contribution in [3.05, 3.63) is 55.4 Å². The number of thiophene rings is 1. The van der Waals surface area contributed by atoms with Crippen LogP contribution in [0.2, 0.25) is 5.02 Å². The van der Waals surface area contributed by atoms with E-state index in [0.29, 0.717) is 5.56 Å². The van der Waals surface area contributed by atoms with E-state index in [-0.39, 0.29) is 16.9 Å². The van der Waals surface area contributed by atoms with Gasteiger partial charge in [-0.25, -0.2) is 9.38 Å². The summed E-state index contributed by atoms with van der Waals surface area (Å²) in [5.74, 6) is -1.26. The number of likely N-dealkylation sites (N-methyl/N-ethyl adjacent to an activating group) is 1. The molecule has 0 saturated heterocycles. The lowest BCUT2D eigenvalue weighted by atomic mass is 9.78. The van der Waals surface area contributed by atoms with Gasteiger partial charge in [-0.05, 0) is 52.0 Å². The van der Waals surface area contributed by atoms with Crippen LogP contribution in [0.5, 0.6) is 0 Å². The molecule has 2 heterocycles. The van der Waals surface area contributed by atoms with Crippen molar-refractivity contribution in [2.75, 3.05) is 7.05 Å². The van der Waals surface area contributed by atoms with Crippen molar-refractivity contribution in [2.45, 2.75) is 18.4 Å². The first-order valence-electron chi connectivity index (χ1n) is 7.07. The highest BCUT2D eigenvalue weighted by Gasteiger charge is 2.48. The Hall–Kier alpha value is -1.44. The molecule has 0 spiro atoms. The molecule has 2 aromatic rings. The van der Waals surface area contributed by atoms with Gasteiger partial charge < -0.3 is 5.73 Å². The van der Waals surface area contributed by atoms with Gasteiger partial charge in [0, 0.05) is 16.4 Å². The number of rotatable bonds is 2. The first-order valence-corrected chi connectivity index (χ1v) is 9.12. The summed E-state index contributed by atoms with van der Waals surface area (Å²) in [6.07, 6.45) is 0. The minimum atomic E-state index is -0.915. The van der Waals surface area contributed by atoms with Crippen LogP contribution >= 0.6 is 38.9 Å². The number of guanidine groups is 1. The van der Waals surface area contributed by atoms with E-state index in [4.69, 9.17) is 17.3 Å². The zero-order valence-corrected chi connectivity index (χ0v) is 16.0. The Labute approximate surface area is 156 Å². The molecule has 1 aliphatic heterocycles. The summed E-state index contributed by atoms with van der Waals surface area (Å²) in [5.41, 5.74) is 5.63. The molecule has 0 fully saturated rings. The molecule has 0 bridgehead atoms. The van der Waals surface area contributed by atoms with Crippen molar-refractivity contribution < 1.29 is 9.18 Å². The lowest BCUT2D eigenvalue weighted by Crippen LogP contribution is -2.52. The van der Waals surface area contributed by atoms with Gasteiger partial charge >= 0.3 is 0 Å². The van der Waals surface area contributed by atoms with Gasteiger partial charge in [-0.1, -0.05) is 17.7 Å². The van der Waals surface area contributed by atoms with Crippen LogP contribution in [-0.4, -0.2) is 23.8 Å². The number of amides is 1. The molecule has 1 amide bonds. The fraction of sp³-hybridized carbons (Fsp3) is 0.250. The highest BCUT2D eigenvalue weighted by atomic mass is 79.9. The molecule has 4 nitrogen and oxygen atoms in total. The molecule has 0 radical (unpaired) electrons. The largest absolute Gasteiger partial charge is 0.369 e. The molecule has 1 aliphatic rings. The standard InChI is InChI=1S/C16H14BrClFN3OS/c1-16(13-9(17)5-6-24-13)12(14(23)22(2)15(20)21-16)8-3-4-11(19)10(18)7-8/h3-7,12H,1-2H3,(H2,20,21)/t12?,16-/m0/s1. The zero-order valence-electron chi connectivity index (χ0n) is 12.9. The number of halogens is 3. The van der Waals surface area contributed by atoms with Gasteiger partial charge in [-0.3, -0.25) is 9.69 Å². The Balaban J connectivity index is 2.24. The van der Waals surface area contributed by atoms with Crippen LogP contribution in [0.4, 0.5) is 4.39 Å². The van der Waals surface area contributed by atoms with Crippen molar-refractivity contribution >= 4 is 50.7 Å². The zero-order chi connectivity index (χ0) is 17.6. The molecule has 2 N–H and O–H groups in total. The molecule has 0 saturated carbocycles. The first-order chi connectivity index (χ1) is 11.3. The van der Waals surface area contributed by atoms with Crippen LogP contribution in [0, 0.1) is 5.82 Å². The lowest BCUT2D eigenvalue weighted by molar-refractivity contribution is -0.130. The summed E-state index contributed by atoms with van der Waals surface area (Å²) in [7, 11) is 1.57. The van der Waals surface area contributed by atoms with E-state index in [1.54, 1.807) is 13.1 Å². The number of hydrogen-bond donors (Lipinski definition) is 1. The summed E-state index contributed by atoms with van der Waals surface area (Å²) in [6.45, 7) is 1.85. The van der Waals surface area contributed by atoms with E-state index in [0.717, 1.165) is 9.35 Å². The van der Waals surface area contributed by atoms with Gasteiger partial charge in [0.25, 0.3) is 0 Å². The van der Waals surface area contributed by atoms with Gasteiger partial charge in [-0.15, -0.1) is 11.3 Å². The van der Waals surface area contributed by atoms with Gasteiger partial charge in [0.1, 0.15) is 11.4 Å². The molecule has 1 unspecified atom stereocenters. The first kappa shape index (κ1) is 17.4. The lowest BCUT2D eigenvalue weighted by Gasteiger charge is -2.40. The molecule has 3 rings (SSSR count). The van der Waals surface area contributed by atoms with E-state index >= 15 is 0 Å². The highest BCUT2D eigenvalue weighted by molar-refractivity contribution is 9.10. The van der Waals surface area contributed by atoms with Gasteiger partial charge in [0.05, 0.1) is 10.9 Å². The number of hydrogen-bond acceptors (Lipinski definition) is 4. The van der Waals surface area contributed by atoms with E-state index in [2.05, 4.69) is 20.9 Å². The Morgan fingerprint density at radius 3 is 2.75 bits per heavy atom. The van der Waals surface area contributed by atoms with Crippen molar-refractivity contribution in [1.29, 1.82) is 0 Å². The topological polar surface area (TPSA) is 58.7 Å². The van der Waals surface area contributed by atoms with Crippen LogP contribution in [0.15, 0.2) is 39.1 Å². The predicted octanol–water partition coefficient (Wildman–Crippen LogP) is 4.09. The van der Waals surface area contributed by atoms with Crippen LogP contribution in [0.1, 0.15) is 23.3 Å². The van der Waals surface area contributed by atoms with E-state index in [9.17, 15) is 9.18 Å². The third-order valence-corrected chi connectivity index (χ3v) is 6.54. The second-order valence-corrected chi connectivity index (χ2v) is 7.90.